The maximum atomic E-state index is 12.8. The summed E-state index contributed by atoms with van der Waals surface area (Å²) in [6.45, 7) is 2.27. The first-order valence-electron chi connectivity index (χ1n) is 11.5. The van der Waals surface area contributed by atoms with Crippen LogP contribution in [-0.4, -0.2) is 41.2 Å². The summed E-state index contributed by atoms with van der Waals surface area (Å²) < 4.78 is 5.32. The van der Waals surface area contributed by atoms with Crippen molar-refractivity contribution in [3.63, 3.8) is 0 Å². The van der Waals surface area contributed by atoms with Crippen LogP contribution in [0.5, 0.6) is 0 Å². The molecule has 0 unspecified atom stereocenters. The van der Waals surface area contributed by atoms with Gasteiger partial charge in [0.15, 0.2) is 6.10 Å². The van der Waals surface area contributed by atoms with Crippen LogP contribution in [-0.2, 0) is 16.1 Å². The largest absolute Gasteiger partial charge is 0.449 e. The Labute approximate surface area is 193 Å². The van der Waals surface area contributed by atoms with Crippen molar-refractivity contribution in [1.29, 1.82) is 0 Å². The molecule has 1 aliphatic carbocycles. The molecular weight excluding hydrogens is 420 g/mol. The van der Waals surface area contributed by atoms with Gasteiger partial charge in [-0.15, -0.1) is 0 Å². The van der Waals surface area contributed by atoms with Gasteiger partial charge in [-0.1, -0.05) is 49.6 Å². The second kappa shape index (κ2) is 9.98. The van der Waals surface area contributed by atoms with Gasteiger partial charge in [-0.25, -0.2) is 4.79 Å². The van der Waals surface area contributed by atoms with E-state index >= 15 is 0 Å². The SMILES string of the molecule is C[C@H](OC(=O)c1ccc2c(c1)C(=O)N(Cc1ccccc1)C2=O)C(=O)NCC1CCCCC1. The number of ether oxygens (including phenoxy) is 1. The maximum Gasteiger partial charge on any atom is 0.338 e. The minimum atomic E-state index is -0.957. The van der Waals surface area contributed by atoms with Crippen LogP contribution in [0, 0.1) is 5.92 Å². The fraction of sp³-hybridized carbons (Fsp3) is 0.385. The van der Waals surface area contributed by atoms with Gasteiger partial charge in [-0.2, -0.15) is 0 Å². The third-order valence-electron chi connectivity index (χ3n) is 6.33. The molecule has 0 bridgehead atoms. The van der Waals surface area contributed by atoms with Crippen molar-refractivity contribution in [3.8, 4) is 0 Å². The fourth-order valence-corrected chi connectivity index (χ4v) is 4.39. The number of hydrogen-bond acceptors (Lipinski definition) is 5. The first-order chi connectivity index (χ1) is 15.9. The van der Waals surface area contributed by atoms with Crippen LogP contribution < -0.4 is 5.32 Å². The van der Waals surface area contributed by atoms with E-state index in [0.29, 0.717) is 12.5 Å². The summed E-state index contributed by atoms with van der Waals surface area (Å²) in [7, 11) is 0. The average molecular weight is 449 g/mol. The van der Waals surface area contributed by atoms with Crippen molar-refractivity contribution in [3.05, 3.63) is 70.8 Å². The van der Waals surface area contributed by atoms with Crippen LogP contribution in [0.15, 0.2) is 48.5 Å². The lowest BCUT2D eigenvalue weighted by Gasteiger charge is -2.22. The monoisotopic (exact) mass is 448 g/mol. The third-order valence-corrected chi connectivity index (χ3v) is 6.33. The standard InChI is InChI=1S/C26H28N2O5/c1-17(23(29)27-15-18-8-4-2-5-9-18)33-26(32)20-12-13-21-22(14-20)25(31)28(24(21)30)16-19-10-6-3-7-11-19/h3,6-7,10-14,17-18H,2,4-5,8-9,15-16H2,1H3,(H,27,29)/t17-/m0/s1. The van der Waals surface area contributed by atoms with Crippen LogP contribution >= 0.6 is 0 Å². The second-order valence-electron chi connectivity index (χ2n) is 8.74. The molecule has 7 heteroatoms. The molecule has 0 saturated heterocycles. The smallest absolute Gasteiger partial charge is 0.338 e. The molecule has 4 rings (SSSR count). The minimum Gasteiger partial charge on any atom is -0.449 e. The van der Waals surface area contributed by atoms with E-state index in [9.17, 15) is 19.2 Å². The second-order valence-corrected chi connectivity index (χ2v) is 8.74. The average Bonchev–Trinajstić information content (AvgIpc) is 3.08. The maximum absolute atomic E-state index is 12.8. The lowest BCUT2D eigenvalue weighted by Crippen LogP contribution is -2.38. The molecule has 1 saturated carbocycles. The molecule has 1 atom stereocenters. The van der Waals surface area contributed by atoms with Crippen LogP contribution in [0.1, 0.15) is 75.7 Å². The van der Waals surface area contributed by atoms with Gasteiger partial charge in [0.2, 0.25) is 0 Å². The number of hydrogen-bond donors (Lipinski definition) is 1. The van der Waals surface area contributed by atoms with E-state index in [1.54, 1.807) is 0 Å². The number of imide groups is 1. The van der Waals surface area contributed by atoms with Gasteiger partial charge in [-0.05, 0) is 49.4 Å². The molecule has 1 aliphatic heterocycles. The van der Waals surface area contributed by atoms with E-state index in [0.717, 1.165) is 23.3 Å². The molecule has 33 heavy (non-hydrogen) atoms. The molecule has 1 fully saturated rings. The number of nitrogens with one attached hydrogen (secondary N) is 1. The van der Waals surface area contributed by atoms with Crippen molar-refractivity contribution in [1.82, 2.24) is 10.2 Å². The van der Waals surface area contributed by atoms with Crippen molar-refractivity contribution >= 4 is 23.7 Å². The Morgan fingerprint density at radius 1 is 1.00 bits per heavy atom. The summed E-state index contributed by atoms with van der Waals surface area (Å²) in [4.78, 5) is 51.7. The molecule has 3 amide bonds. The van der Waals surface area contributed by atoms with Crippen molar-refractivity contribution in [2.45, 2.75) is 51.7 Å². The van der Waals surface area contributed by atoms with E-state index in [1.165, 1.54) is 44.4 Å². The van der Waals surface area contributed by atoms with Crippen LogP contribution in [0.4, 0.5) is 0 Å². The van der Waals surface area contributed by atoms with E-state index in [2.05, 4.69) is 5.32 Å². The Morgan fingerprint density at radius 2 is 1.70 bits per heavy atom. The zero-order chi connectivity index (χ0) is 23.4. The van der Waals surface area contributed by atoms with Crippen molar-refractivity contribution in [2.24, 2.45) is 5.92 Å². The number of nitrogens with zero attached hydrogens (tertiary/aromatic N) is 1. The van der Waals surface area contributed by atoms with E-state index in [4.69, 9.17) is 4.74 Å². The Kier molecular flexibility index (Phi) is 6.87. The van der Waals surface area contributed by atoms with Crippen LogP contribution in [0.2, 0.25) is 0 Å². The van der Waals surface area contributed by atoms with Gasteiger partial charge >= 0.3 is 5.97 Å². The topological polar surface area (TPSA) is 92.8 Å². The van der Waals surface area contributed by atoms with Crippen LogP contribution in [0.3, 0.4) is 0 Å². The molecule has 1 heterocycles. The number of carbonyl (C=O) groups is 4. The first-order valence-corrected chi connectivity index (χ1v) is 11.5. The van der Waals surface area contributed by atoms with Gasteiger partial charge in [0.05, 0.1) is 23.2 Å². The Balaban J connectivity index is 1.37. The number of amides is 3. The molecule has 0 aromatic heterocycles. The highest BCUT2D eigenvalue weighted by molar-refractivity contribution is 6.21. The highest BCUT2D eigenvalue weighted by Crippen LogP contribution is 2.26. The Hall–Kier alpha value is -3.48. The molecule has 7 nitrogen and oxygen atoms in total. The number of rotatable bonds is 7. The van der Waals surface area contributed by atoms with E-state index in [1.807, 2.05) is 30.3 Å². The highest BCUT2D eigenvalue weighted by atomic mass is 16.5. The summed E-state index contributed by atoms with van der Waals surface area (Å²) in [5.74, 6) is -1.42. The molecule has 2 aliphatic rings. The minimum absolute atomic E-state index is 0.128. The third kappa shape index (κ3) is 5.13. The lowest BCUT2D eigenvalue weighted by molar-refractivity contribution is -0.129. The molecule has 0 radical (unpaired) electrons. The zero-order valence-corrected chi connectivity index (χ0v) is 18.7. The molecule has 1 N–H and O–H groups in total. The molecule has 2 aromatic rings. The van der Waals surface area contributed by atoms with E-state index < -0.39 is 23.9 Å². The first kappa shape index (κ1) is 22.7. The van der Waals surface area contributed by atoms with Gasteiger partial charge in [0.1, 0.15) is 0 Å². The molecule has 2 aromatic carbocycles. The van der Waals surface area contributed by atoms with Crippen LogP contribution in [0.25, 0.3) is 0 Å². The summed E-state index contributed by atoms with van der Waals surface area (Å²) in [6, 6.07) is 13.5. The lowest BCUT2D eigenvalue weighted by atomic mass is 9.89. The van der Waals surface area contributed by atoms with Gasteiger partial charge in [0, 0.05) is 6.54 Å². The number of esters is 1. The predicted octanol–water partition coefficient (Wildman–Crippen LogP) is 3.72. The van der Waals surface area contributed by atoms with Crippen molar-refractivity contribution in [2.75, 3.05) is 6.54 Å². The quantitative estimate of drug-likeness (QED) is 0.515. The molecular formula is C26H28N2O5. The molecule has 0 spiro atoms. The number of benzene rings is 2. The number of fused-ring (bicyclic) bond motifs is 1. The molecule has 172 valence electrons. The van der Waals surface area contributed by atoms with Gasteiger partial charge in [-0.3, -0.25) is 19.3 Å². The van der Waals surface area contributed by atoms with E-state index in [-0.39, 0.29) is 29.1 Å². The highest BCUT2D eigenvalue weighted by Gasteiger charge is 2.36. The summed E-state index contributed by atoms with van der Waals surface area (Å²) in [6.07, 6.45) is 4.88. The predicted molar refractivity (Wildman–Crippen MR) is 122 cm³/mol. The summed E-state index contributed by atoms with van der Waals surface area (Å²) in [5, 5.41) is 2.87. The number of carbonyl (C=O) groups excluding carboxylic acids is 4. The van der Waals surface area contributed by atoms with Gasteiger partial charge in [0.25, 0.3) is 17.7 Å². The Bertz CT molecular complexity index is 1060. The van der Waals surface area contributed by atoms with Crippen molar-refractivity contribution < 1.29 is 23.9 Å². The van der Waals surface area contributed by atoms with Gasteiger partial charge < -0.3 is 10.1 Å². The Morgan fingerprint density at radius 3 is 2.42 bits per heavy atom. The normalized spacial score (nSPS) is 16.9. The fourth-order valence-electron chi connectivity index (χ4n) is 4.39. The zero-order valence-electron chi connectivity index (χ0n) is 18.7. The summed E-state index contributed by atoms with van der Waals surface area (Å²) >= 11 is 0. The summed E-state index contributed by atoms with van der Waals surface area (Å²) in [5.41, 5.74) is 1.38.